The first-order valence-electron chi connectivity index (χ1n) is 8.81. The quantitative estimate of drug-likeness (QED) is 0.323. The number of hydrogen-bond acceptors (Lipinski definition) is 7. The molecule has 0 spiro atoms. The van der Waals surface area contributed by atoms with Gasteiger partial charge >= 0.3 is 11.9 Å². The highest BCUT2D eigenvalue weighted by Crippen LogP contribution is 2.36. The first-order chi connectivity index (χ1) is 13.8. The van der Waals surface area contributed by atoms with Crippen LogP contribution < -0.4 is 9.47 Å². The zero-order chi connectivity index (χ0) is 21.6. The number of carboxylic acids is 2. The van der Waals surface area contributed by atoms with Crippen molar-refractivity contribution in [1.82, 2.24) is 4.90 Å². The summed E-state index contributed by atoms with van der Waals surface area (Å²) in [7, 11) is 1.51. The molecule has 1 atom stereocenters. The van der Waals surface area contributed by atoms with Crippen LogP contribution in [0.4, 0.5) is 0 Å². The van der Waals surface area contributed by atoms with Crippen LogP contribution in [0.25, 0.3) is 6.08 Å². The monoisotopic (exact) mass is 439 g/mol. The predicted molar refractivity (Wildman–Crippen MR) is 112 cm³/mol. The molecule has 1 aliphatic rings. The standard InChI is InChI=1S/C19H21NO7S2/c1-3-4-7-27-13-6-5-11(8-14(13)26-2)9-15-17(23)20(19(28)29-15)12(18(24)25)10-16(21)22/h5-6,8-9,12H,3-4,7,10H2,1-2H3,(H,21,22)(H,24,25)/b15-9+. The first kappa shape index (κ1) is 22.7. The van der Waals surface area contributed by atoms with Gasteiger partial charge in [-0.25, -0.2) is 4.79 Å². The number of methoxy groups -OCH3 is 1. The lowest BCUT2D eigenvalue weighted by atomic mass is 10.1. The number of nitrogens with zero attached hydrogens (tertiary/aromatic N) is 1. The van der Waals surface area contributed by atoms with Crippen molar-refractivity contribution in [2.45, 2.75) is 32.2 Å². The summed E-state index contributed by atoms with van der Waals surface area (Å²) in [4.78, 5) is 36.1. The van der Waals surface area contributed by atoms with Gasteiger partial charge in [0.2, 0.25) is 0 Å². The number of aliphatic carboxylic acids is 2. The molecule has 10 heteroatoms. The molecule has 0 aromatic heterocycles. The summed E-state index contributed by atoms with van der Waals surface area (Å²) < 4.78 is 11.0. The zero-order valence-corrected chi connectivity index (χ0v) is 17.5. The van der Waals surface area contributed by atoms with E-state index >= 15 is 0 Å². The van der Waals surface area contributed by atoms with E-state index in [1.54, 1.807) is 24.3 Å². The molecular formula is C19H21NO7S2. The Kier molecular flexibility index (Phi) is 8.03. The average molecular weight is 440 g/mol. The summed E-state index contributed by atoms with van der Waals surface area (Å²) in [6, 6.07) is 3.60. The van der Waals surface area contributed by atoms with Crippen molar-refractivity contribution in [2.75, 3.05) is 13.7 Å². The Morgan fingerprint density at radius 2 is 2.03 bits per heavy atom. The second-order valence-electron chi connectivity index (χ2n) is 6.12. The van der Waals surface area contributed by atoms with Gasteiger partial charge in [0.15, 0.2) is 11.5 Å². The number of benzene rings is 1. The van der Waals surface area contributed by atoms with Crippen molar-refractivity contribution in [3.8, 4) is 11.5 Å². The lowest BCUT2D eigenvalue weighted by Crippen LogP contribution is -2.45. The zero-order valence-electron chi connectivity index (χ0n) is 15.9. The highest BCUT2D eigenvalue weighted by Gasteiger charge is 2.41. The lowest BCUT2D eigenvalue weighted by molar-refractivity contribution is -0.150. The number of hydrogen-bond donors (Lipinski definition) is 2. The van der Waals surface area contributed by atoms with E-state index in [0.717, 1.165) is 29.5 Å². The molecule has 2 N–H and O–H groups in total. The van der Waals surface area contributed by atoms with Crippen LogP contribution in [0.3, 0.4) is 0 Å². The summed E-state index contributed by atoms with van der Waals surface area (Å²) in [6.45, 7) is 2.62. The maximum absolute atomic E-state index is 12.7. The molecule has 1 aliphatic heterocycles. The number of carbonyl (C=O) groups excluding carboxylic acids is 1. The molecule has 0 radical (unpaired) electrons. The normalized spacial score (nSPS) is 16.2. The largest absolute Gasteiger partial charge is 0.493 e. The minimum absolute atomic E-state index is 0.00128. The third-order valence-electron chi connectivity index (χ3n) is 4.03. The van der Waals surface area contributed by atoms with E-state index in [1.165, 1.54) is 7.11 Å². The van der Waals surface area contributed by atoms with Crippen LogP contribution in [0.5, 0.6) is 11.5 Å². The van der Waals surface area contributed by atoms with Crippen LogP contribution in [0.15, 0.2) is 23.1 Å². The molecule has 1 amide bonds. The van der Waals surface area contributed by atoms with Gasteiger partial charge in [0.25, 0.3) is 5.91 Å². The van der Waals surface area contributed by atoms with E-state index < -0.39 is 30.3 Å². The molecule has 2 rings (SSSR count). The van der Waals surface area contributed by atoms with Gasteiger partial charge in [-0.05, 0) is 30.2 Å². The Bertz CT molecular complexity index is 853. The molecule has 0 aliphatic carbocycles. The Morgan fingerprint density at radius 3 is 2.62 bits per heavy atom. The van der Waals surface area contributed by atoms with Gasteiger partial charge in [-0.1, -0.05) is 43.4 Å². The minimum atomic E-state index is -1.56. The van der Waals surface area contributed by atoms with E-state index in [-0.39, 0.29) is 9.23 Å². The molecule has 1 heterocycles. The summed E-state index contributed by atoms with van der Waals surface area (Å²) in [5.74, 6) is -2.33. The van der Waals surface area contributed by atoms with Gasteiger partial charge < -0.3 is 19.7 Å². The molecule has 1 unspecified atom stereocenters. The minimum Gasteiger partial charge on any atom is -0.493 e. The highest BCUT2D eigenvalue weighted by molar-refractivity contribution is 8.26. The first-order valence-corrected chi connectivity index (χ1v) is 10.0. The Morgan fingerprint density at radius 1 is 1.31 bits per heavy atom. The summed E-state index contributed by atoms with van der Waals surface area (Å²) >= 11 is 6.04. The fourth-order valence-electron chi connectivity index (χ4n) is 2.57. The molecule has 0 saturated carbocycles. The summed E-state index contributed by atoms with van der Waals surface area (Å²) in [5, 5.41) is 18.2. The number of unbranched alkanes of at least 4 members (excludes halogenated alkanes) is 1. The molecule has 0 bridgehead atoms. The van der Waals surface area contributed by atoms with Gasteiger partial charge in [0.05, 0.1) is 25.0 Å². The van der Waals surface area contributed by atoms with Crippen LogP contribution in [0.2, 0.25) is 0 Å². The molecule has 29 heavy (non-hydrogen) atoms. The number of amides is 1. The second-order valence-corrected chi connectivity index (χ2v) is 7.79. The summed E-state index contributed by atoms with van der Waals surface area (Å²) in [6.07, 6.45) is 2.72. The van der Waals surface area contributed by atoms with E-state index in [9.17, 15) is 19.5 Å². The van der Waals surface area contributed by atoms with Crippen molar-refractivity contribution in [1.29, 1.82) is 0 Å². The number of thiocarbonyl (C=S) groups is 1. The van der Waals surface area contributed by atoms with Gasteiger partial charge in [0, 0.05) is 0 Å². The summed E-state index contributed by atoms with van der Waals surface area (Å²) in [5.41, 5.74) is 0.635. The predicted octanol–water partition coefficient (Wildman–Crippen LogP) is 3.00. The fourth-order valence-corrected chi connectivity index (χ4v) is 3.93. The van der Waals surface area contributed by atoms with Crippen LogP contribution in [-0.2, 0) is 14.4 Å². The molecule has 156 valence electrons. The van der Waals surface area contributed by atoms with E-state index in [0.29, 0.717) is 23.7 Å². The van der Waals surface area contributed by atoms with Gasteiger partial charge in [-0.2, -0.15) is 0 Å². The van der Waals surface area contributed by atoms with Gasteiger partial charge in [-0.3, -0.25) is 14.5 Å². The highest BCUT2D eigenvalue weighted by atomic mass is 32.2. The fraction of sp³-hybridized carbons (Fsp3) is 0.368. The number of carbonyl (C=O) groups is 3. The number of ether oxygens (including phenoxy) is 2. The van der Waals surface area contributed by atoms with Crippen molar-refractivity contribution in [3.63, 3.8) is 0 Å². The van der Waals surface area contributed by atoms with Crippen LogP contribution in [-0.4, -0.2) is 57.0 Å². The maximum Gasteiger partial charge on any atom is 0.327 e. The van der Waals surface area contributed by atoms with Crippen molar-refractivity contribution in [3.05, 3.63) is 28.7 Å². The molecule has 1 fully saturated rings. The Hall–Kier alpha value is -2.59. The average Bonchev–Trinajstić information content (AvgIpc) is 2.93. The third kappa shape index (κ3) is 5.70. The molecular weight excluding hydrogens is 418 g/mol. The smallest absolute Gasteiger partial charge is 0.327 e. The molecule has 1 aromatic carbocycles. The second kappa shape index (κ2) is 10.3. The Labute approximate surface area is 177 Å². The number of carboxylic acid groups (broad SMARTS) is 2. The van der Waals surface area contributed by atoms with E-state index in [2.05, 4.69) is 6.92 Å². The Balaban J connectivity index is 2.26. The maximum atomic E-state index is 12.7. The van der Waals surface area contributed by atoms with Crippen molar-refractivity contribution >= 4 is 52.2 Å². The topological polar surface area (TPSA) is 113 Å². The van der Waals surface area contributed by atoms with Crippen molar-refractivity contribution < 1.29 is 34.1 Å². The van der Waals surface area contributed by atoms with Gasteiger partial charge in [-0.15, -0.1) is 0 Å². The SMILES string of the molecule is CCCCOc1ccc(/C=C2/SC(=S)N(C(CC(=O)O)C(=O)O)C2=O)cc1OC. The molecule has 8 nitrogen and oxygen atoms in total. The van der Waals surface area contributed by atoms with Gasteiger partial charge in [0.1, 0.15) is 10.4 Å². The van der Waals surface area contributed by atoms with E-state index in [1.807, 2.05) is 0 Å². The third-order valence-corrected chi connectivity index (χ3v) is 5.36. The van der Waals surface area contributed by atoms with Crippen LogP contribution in [0.1, 0.15) is 31.7 Å². The van der Waals surface area contributed by atoms with Crippen LogP contribution >= 0.6 is 24.0 Å². The molecule has 1 saturated heterocycles. The lowest BCUT2D eigenvalue weighted by Gasteiger charge is -2.21. The van der Waals surface area contributed by atoms with E-state index in [4.69, 9.17) is 26.8 Å². The number of thioether (sulfide) groups is 1. The molecule has 1 aromatic rings. The van der Waals surface area contributed by atoms with Crippen molar-refractivity contribution in [2.24, 2.45) is 0 Å². The van der Waals surface area contributed by atoms with Crippen LogP contribution in [0, 0.1) is 0 Å². The number of rotatable bonds is 10.